The number of rotatable bonds is 0. The van der Waals surface area contributed by atoms with E-state index in [1.165, 1.54) is 44.1 Å². The second-order valence-electron chi connectivity index (χ2n) is 9.78. The maximum Gasteiger partial charge on any atom is 0.142 e. The molecule has 3 fully saturated rings. The standard InChI is InChI=1S/C21H32O/c1-19(2)17-8-7-14-15-6-5-11-20(15,3)12-9-16(14)21(17,4)13-10-18(19)22/h8,14-16H,5-7,9-13H2,1-4H3/t14-,15-,16-,20-,21+/m0/s1. The summed E-state index contributed by atoms with van der Waals surface area (Å²) in [5.74, 6) is 3.13. The van der Waals surface area contributed by atoms with Gasteiger partial charge in [0, 0.05) is 11.8 Å². The van der Waals surface area contributed by atoms with Crippen molar-refractivity contribution in [3.05, 3.63) is 11.6 Å². The summed E-state index contributed by atoms with van der Waals surface area (Å²) in [5.41, 5.74) is 2.21. The summed E-state index contributed by atoms with van der Waals surface area (Å²) in [6, 6.07) is 0. The molecule has 1 heteroatoms. The number of carbonyl (C=O) groups is 1. The van der Waals surface area contributed by atoms with Crippen molar-refractivity contribution in [1.82, 2.24) is 0 Å². The zero-order chi connectivity index (χ0) is 15.8. The molecule has 0 N–H and O–H groups in total. The Balaban J connectivity index is 1.75. The van der Waals surface area contributed by atoms with Gasteiger partial charge in [-0.1, -0.05) is 31.9 Å². The fourth-order valence-electron chi connectivity index (χ4n) is 7.21. The minimum absolute atomic E-state index is 0.214. The largest absolute Gasteiger partial charge is 0.299 e. The molecule has 22 heavy (non-hydrogen) atoms. The Hall–Kier alpha value is -0.590. The van der Waals surface area contributed by atoms with Crippen LogP contribution in [0.25, 0.3) is 0 Å². The van der Waals surface area contributed by atoms with E-state index in [-0.39, 0.29) is 5.41 Å². The first kappa shape index (κ1) is 15.0. The third-order valence-electron chi connectivity index (χ3n) is 8.49. The highest BCUT2D eigenvalue weighted by atomic mass is 16.1. The molecule has 0 radical (unpaired) electrons. The fourth-order valence-corrected chi connectivity index (χ4v) is 7.21. The van der Waals surface area contributed by atoms with Crippen molar-refractivity contribution in [2.75, 3.05) is 0 Å². The first-order chi connectivity index (χ1) is 10.3. The highest BCUT2D eigenvalue weighted by molar-refractivity contribution is 5.89. The summed E-state index contributed by atoms with van der Waals surface area (Å²) in [5, 5.41) is 0. The van der Waals surface area contributed by atoms with Gasteiger partial charge < -0.3 is 0 Å². The highest BCUT2D eigenvalue weighted by Gasteiger charge is 2.58. The maximum absolute atomic E-state index is 12.5. The zero-order valence-corrected chi connectivity index (χ0v) is 14.9. The van der Waals surface area contributed by atoms with Gasteiger partial charge in [0.2, 0.25) is 0 Å². The normalized spacial score (nSPS) is 49.9. The third-order valence-corrected chi connectivity index (χ3v) is 8.49. The van der Waals surface area contributed by atoms with E-state index in [4.69, 9.17) is 0 Å². The van der Waals surface area contributed by atoms with Gasteiger partial charge in [0.25, 0.3) is 0 Å². The molecule has 0 bridgehead atoms. The van der Waals surface area contributed by atoms with E-state index in [2.05, 4.69) is 33.8 Å². The molecule has 1 nitrogen and oxygen atoms in total. The fraction of sp³-hybridized carbons (Fsp3) is 0.857. The van der Waals surface area contributed by atoms with Crippen LogP contribution < -0.4 is 0 Å². The smallest absolute Gasteiger partial charge is 0.142 e. The van der Waals surface area contributed by atoms with Crippen molar-refractivity contribution >= 4 is 5.78 Å². The van der Waals surface area contributed by atoms with Crippen LogP contribution in [0, 0.1) is 34.0 Å². The van der Waals surface area contributed by atoms with Crippen LogP contribution in [-0.2, 0) is 4.79 Å². The van der Waals surface area contributed by atoms with Crippen LogP contribution in [0.5, 0.6) is 0 Å². The summed E-state index contributed by atoms with van der Waals surface area (Å²) in [6.07, 6.45) is 12.8. The Labute approximate surface area is 135 Å². The van der Waals surface area contributed by atoms with Crippen LogP contribution in [-0.4, -0.2) is 5.78 Å². The first-order valence-electron chi connectivity index (χ1n) is 9.53. The number of carbonyl (C=O) groups excluding carboxylic acids is 1. The predicted octanol–water partition coefficient (Wildman–Crippen LogP) is 5.54. The topological polar surface area (TPSA) is 17.1 Å². The Kier molecular flexibility index (Phi) is 3.05. The van der Waals surface area contributed by atoms with Crippen molar-refractivity contribution < 1.29 is 4.79 Å². The number of fused-ring (bicyclic) bond motifs is 5. The van der Waals surface area contributed by atoms with Gasteiger partial charge in [-0.3, -0.25) is 4.79 Å². The number of allylic oxidation sites excluding steroid dienone is 2. The van der Waals surface area contributed by atoms with Gasteiger partial charge in [-0.2, -0.15) is 0 Å². The summed E-state index contributed by atoms with van der Waals surface area (Å²) in [7, 11) is 0. The molecule has 4 aliphatic rings. The van der Waals surface area contributed by atoms with Crippen molar-refractivity contribution in [2.24, 2.45) is 34.0 Å². The number of ketones is 1. The maximum atomic E-state index is 12.5. The Morgan fingerprint density at radius 1 is 1.00 bits per heavy atom. The SMILES string of the molecule is CC1(C)C(=O)CC[C@@]2(C)C1=CC[C@H]1[C@@H]3CCC[C@@]3(C)CC[C@@H]12. The van der Waals surface area contributed by atoms with Crippen molar-refractivity contribution in [1.29, 1.82) is 0 Å². The Morgan fingerprint density at radius 3 is 2.55 bits per heavy atom. The van der Waals surface area contributed by atoms with E-state index in [1.807, 2.05) is 0 Å². The number of hydrogen-bond acceptors (Lipinski definition) is 1. The Morgan fingerprint density at radius 2 is 1.77 bits per heavy atom. The molecule has 0 aromatic rings. The van der Waals surface area contributed by atoms with Gasteiger partial charge >= 0.3 is 0 Å². The van der Waals surface area contributed by atoms with Gasteiger partial charge in [0.15, 0.2) is 0 Å². The van der Waals surface area contributed by atoms with Crippen LogP contribution >= 0.6 is 0 Å². The molecule has 5 atom stereocenters. The molecule has 0 aromatic heterocycles. The van der Waals surface area contributed by atoms with Crippen molar-refractivity contribution in [3.8, 4) is 0 Å². The van der Waals surface area contributed by atoms with E-state index in [9.17, 15) is 4.79 Å². The number of hydrogen-bond donors (Lipinski definition) is 0. The molecule has 0 aliphatic heterocycles. The van der Waals surface area contributed by atoms with Crippen molar-refractivity contribution in [3.63, 3.8) is 0 Å². The predicted molar refractivity (Wildman–Crippen MR) is 90.5 cm³/mol. The quantitative estimate of drug-likeness (QED) is 0.536. The average molecular weight is 300 g/mol. The first-order valence-corrected chi connectivity index (χ1v) is 9.53. The average Bonchev–Trinajstić information content (AvgIpc) is 2.85. The molecule has 0 saturated heterocycles. The van der Waals surface area contributed by atoms with Crippen LogP contribution in [0.4, 0.5) is 0 Å². The minimum Gasteiger partial charge on any atom is -0.299 e. The van der Waals surface area contributed by atoms with Crippen molar-refractivity contribution in [2.45, 2.75) is 79.1 Å². The lowest BCUT2D eigenvalue weighted by atomic mass is 9.45. The summed E-state index contributed by atoms with van der Waals surface area (Å²) < 4.78 is 0. The van der Waals surface area contributed by atoms with Crippen LogP contribution in [0.1, 0.15) is 79.1 Å². The van der Waals surface area contributed by atoms with Crippen LogP contribution in [0.3, 0.4) is 0 Å². The van der Waals surface area contributed by atoms with E-state index in [0.717, 1.165) is 30.6 Å². The van der Waals surface area contributed by atoms with E-state index < -0.39 is 0 Å². The monoisotopic (exact) mass is 300 g/mol. The summed E-state index contributed by atoms with van der Waals surface area (Å²) in [6.45, 7) is 9.43. The van der Waals surface area contributed by atoms with E-state index in [1.54, 1.807) is 0 Å². The molecule has 4 aliphatic carbocycles. The minimum atomic E-state index is -0.214. The third kappa shape index (κ3) is 1.74. The molecule has 122 valence electrons. The van der Waals surface area contributed by atoms with E-state index in [0.29, 0.717) is 16.6 Å². The highest BCUT2D eigenvalue weighted by Crippen LogP contribution is 2.66. The van der Waals surface area contributed by atoms with Gasteiger partial charge in [-0.25, -0.2) is 0 Å². The second kappa shape index (κ2) is 4.48. The molecule has 0 spiro atoms. The second-order valence-corrected chi connectivity index (χ2v) is 9.78. The Bertz CT molecular complexity index is 542. The molecule has 0 aromatic carbocycles. The lowest BCUT2D eigenvalue weighted by Crippen LogP contribution is -2.52. The number of Topliss-reactive ketones (excluding diaryl/α,β-unsaturated/α-hetero) is 1. The molecular formula is C21H32O. The molecule has 4 rings (SSSR count). The van der Waals surface area contributed by atoms with Gasteiger partial charge in [-0.15, -0.1) is 0 Å². The van der Waals surface area contributed by atoms with E-state index >= 15 is 0 Å². The molecule has 3 saturated carbocycles. The lowest BCUT2D eigenvalue weighted by molar-refractivity contribution is -0.131. The molecule has 0 unspecified atom stereocenters. The molecule has 0 heterocycles. The van der Waals surface area contributed by atoms with Crippen LogP contribution in [0.15, 0.2) is 11.6 Å². The van der Waals surface area contributed by atoms with Gasteiger partial charge in [-0.05, 0) is 81.0 Å². The molecular weight excluding hydrogens is 268 g/mol. The van der Waals surface area contributed by atoms with Crippen LogP contribution in [0.2, 0.25) is 0 Å². The molecule has 0 amide bonds. The summed E-state index contributed by atoms with van der Waals surface area (Å²) >= 11 is 0. The van der Waals surface area contributed by atoms with Gasteiger partial charge in [0.1, 0.15) is 5.78 Å². The van der Waals surface area contributed by atoms with Gasteiger partial charge in [0.05, 0.1) is 0 Å². The lowest BCUT2D eigenvalue weighted by Gasteiger charge is -2.59. The summed E-state index contributed by atoms with van der Waals surface area (Å²) in [4.78, 5) is 12.5. The zero-order valence-electron chi connectivity index (χ0n) is 14.9.